The fourth-order valence-electron chi connectivity index (χ4n) is 7.72. The molecule has 1 aliphatic carbocycles. The van der Waals surface area contributed by atoms with Crippen molar-refractivity contribution in [3.05, 3.63) is 236 Å². The number of hydrogen-bond donors (Lipinski definition) is 1. The molecule has 0 heterocycles. The van der Waals surface area contributed by atoms with Crippen molar-refractivity contribution in [3.63, 3.8) is 0 Å². The maximum absolute atomic E-state index is 3.72. The van der Waals surface area contributed by atoms with E-state index in [1.807, 2.05) is 0 Å². The van der Waals surface area contributed by atoms with Crippen molar-refractivity contribution in [2.24, 2.45) is 0 Å². The maximum Gasteiger partial charge on any atom is 0.0540 e. The van der Waals surface area contributed by atoms with E-state index in [1.54, 1.807) is 0 Å². The molecule has 1 N–H and O–H groups in total. The van der Waals surface area contributed by atoms with Gasteiger partial charge in [0.1, 0.15) is 0 Å². The zero-order valence-electron chi connectivity index (χ0n) is 31.2. The van der Waals surface area contributed by atoms with Crippen LogP contribution in [0.2, 0.25) is 0 Å². The minimum Gasteiger partial charge on any atom is -0.355 e. The van der Waals surface area contributed by atoms with Crippen LogP contribution in [-0.2, 0) is 0 Å². The van der Waals surface area contributed by atoms with Gasteiger partial charge in [-0.25, -0.2) is 0 Å². The average Bonchev–Trinajstić information content (AvgIpc) is 3.29. The third-order valence-electron chi connectivity index (χ3n) is 10.6. The minimum atomic E-state index is 0.371. The lowest BCUT2D eigenvalue weighted by atomic mass is 9.91. The summed E-state index contributed by atoms with van der Waals surface area (Å²) >= 11 is 0. The lowest BCUT2D eigenvalue weighted by molar-refractivity contribution is 0.856. The topological polar surface area (TPSA) is 15.3 Å². The lowest BCUT2D eigenvalue weighted by Gasteiger charge is -2.28. The Bertz CT molecular complexity index is 2600. The van der Waals surface area contributed by atoms with Crippen molar-refractivity contribution >= 4 is 28.4 Å². The Morgan fingerprint density at radius 3 is 1.57 bits per heavy atom. The average molecular weight is 719 g/mol. The Labute approximate surface area is 330 Å². The van der Waals surface area contributed by atoms with Crippen molar-refractivity contribution in [2.75, 3.05) is 10.2 Å². The van der Waals surface area contributed by atoms with Crippen molar-refractivity contribution in [1.29, 1.82) is 0 Å². The van der Waals surface area contributed by atoms with Gasteiger partial charge in [0.15, 0.2) is 0 Å². The van der Waals surface area contributed by atoms with E-state index in [0.717, 1.165) is 46.0 Å². The van der Waals surface area contributed by atoms with Crippen molar-refractivity contribution in [1.82, 2.24) is 0 Å². The van der Waals surface area contributed by atoms with Crippen LogP contribution in [0.3, 0.4) is 0 Å². The van der Waals surface area contributed by atoms with Gasteiger partial charge in [-0.3, -0.25) is 0 Å². The second-order valence-corrected chi connectivity index (χ2v) is 14.2. The smallest absolute Gasteiger partial charge is 0.0540 e. The van der Waals surface area contributed by atoms with Gasteiger partial charge in [-0.15, -0.1) is 0 Å². The van der Waals surface area contributed by atoms with Gasteiger partial charge >= 0.3 is 0 Å². The monoisotopic (exact) mass is 718 g/mol. The highest BCUT2D eigenvalue weighted by Gasteiger charge is 2.18. The van der Waals surface area contributed by atoms with Gasteiger partial charge in [0.2, 0.25) is 0 Å². The Morgan fingerprint density at radius 1 is 0.411 bits per heavy atom. The van der Waals surface area contributed by atoms with Crippen LogP contribution in [0.1, 0.15) is 17.9 Å². The molecule has 2 nitrogen and oxygen atoms in total. The van der Waals surface area contributed by atoms with E-state index in [0.29, 0.717) is 5.92 Å². The molecular formula is C54H42N2. The van der Waals surface area contributed by atoms with Gasteiger partial charge in [-0.2, -0.15) is 0 Å². The van der Waals surface area contributed by atoms with Gasteiger partial charge in [-0.05, 0) is 106 Å². The summed E-state index contributed by atoms with van der Waals surface area (Å²) < 4.78 is 0. The number of para-hydroxylation sites is 2. The van der Waals surface area contributed by atoms with E-state index < -0.39 is 0 Å². The number of benzene rings is 8. The third kappa shape index (κ3) is 7.46. The van der Waals surface area contributed by atoms with Gasteiger partial charge in [-0.1, -0.05) is 176 Å². The van der Waals surface area contributed by atoms with Gasteiger partial charge < -0.3 is 10.2 Å². The first-order valence-corrected chi connectivity index (χ1v) is 19.4. The van der Waals surface area contributed by atoms with Crippen molar-refractivity contribution in [3.8, 4) is 44.5 Å². The summed E-state index contributed by atoms with van der Waals surface area (Å²) in [5, 5.41) is 3.72. The SMILES string of the molecule is C1=CCC(c2ccccc2Nc2ccc(-c3ccccc3N(c3ccc(-c4ccccc4)cc3)c3ccc(-c4cccc(-c5ccccc5)c4)cc3)cc2)C=C1. The Morgan fingerprint density at radius 2 is 0.929 bits per heavy atom. The minimum absolute atomic E-state index is 0.371. The molecule has 0 aromatic heterocycles. The Hall–Kier alpha value is -7.16. The molecule has 8 aromatic rings. The van der Waals surface area contributed by atoms with Crippen LogP contribution in [-0.4, -0.2) is 0 Å². The summed E-state index contributed by atoms with van der Waals surface area (Å²) in [6.45, 7) is 0. The Kier molecular flexibility index (Phi) is 9.92. The quantitative estimate of drug-likeness (QED) is 0.151. The third-order valence-corrected chi connectivity index (χ3v) is 10.6. The molecule has 0 fully saturated rings. The first-order chi connectivity index (χ1) is 27.8. The molecule has 0 amide bonds. The molecular weight excluding hydrogens is 677 g/mol. The van der Waals surface area contributed by atoms with E-state index in [4.69, 9.17) is 0 Å². The fraction of sp³-hybridized carbons (Fsp3) is 0.0370. The molecule has 0 saturated carbocycles. The predicted octanol–water partition coefficient (Wildman–Crippen LogP) is 15.2. The van der Waals surface area contributed by atoms with Crippen LogP contribution in [0, 0.1) is 0 Å². The van der Waals surface area contributed by atoms with Crippen LogP contribution in [0.5, 0.6) is 0 Å². The predicted molar refractivity (Wildman–Crippen MR) is 238 cm³/mol. The molecule has 9 rings (SSSR count). The first kappa shape index (κ1) is 34.6. The highest BCUT2D eigenvalue weighted by atomic mass is 15.1. The van der Waals surface area contributed by atoms with Crippen LogP contribution in [0.25, 0.3) is 44.5 Å². The van der Waals surface area contributed by atoms with E-state index in [-0.39, 0.29) is 0 Å². The molecule has 0 saturated heterocycles. The number of nitrogens with zero attached hydrogens (tertiary/aromatic N) is 1. The summed E-state index contributed by atoms with van der Waals surface area (Å²) in [5.41, 5.74) is 16.3. The van der Waals surface area contributed by atoms with Gasteiger partial charge in [0.25, 0.3) is 0 Å². The molecule has 268 valence electrons. The van der Waals surface area contributed by atoms with Gasteiger partial charge in [0.05, 0.1) is 5.69 Å². The van der Waals surface area contributed by atoms with Gasteiger partial charge in [0, 0.05) is 34.2 Å². The number of rotatable bonds is 10. The molecule has 0 bridgehead atoms. The van der Waals surface area contributed by atoms with Crippen molar-refractivity contribution in [2.45, 2.75) is 12.3 Å². The molecule has 1 unspecified atom stereocenters. The largest absolute Gasteiger partial charge is 0.355 e. The summed E-state index contributed by atoms with van der Waals surface area (Å²) in [4.78, 5) is 2.38. The molecule has 1 aliphatic rings. The second kappa shape index (κ2) is 16.1. The van der Waals surface area contributed by atoms with Crippen LogP contribution < -0.4 is 10.2 Å². The molecule has 0 aliphatic heterocycles. The summed E-state index contributed by atoms with van der Waals surface area (Å²) in [5.74, 6) is 0.371. The van der Waals surface area contributed by atoms with Crippen LogP contribution >= 0.6 is 0 Å². The number of allylic oxidation sites excluding steroid dienone is 4. The summed E-state index contributed by atoms with van der Waals surface area (Å²) in [7, 11) is 0. The highest BCUT2D eigenvalue weighted by Crippen LogP contribution is 2.42. The molecule has 8 aromatic carbocycles. The lowest BCUT2D eigenvalue weighted by Crippen LogP contribution is -2.11. The van der Waals surface area contributed by atoms with E-state index in [1.165, 1.54) is 38.9 Å². The zero-order chi connectivity index (χ0) is 37.5. The first-order valence-electron chi connectivity index (χ1n) is 19.4. The molecule has 2 heteroatoms. The van der Waals surface area contributed by atoms with Crippen LogP contribution in [0.15, 0.2) is 231 Å². The van der Waals surface area contributed by atoms with E-state index >= 15 is 0 Å². The molecule has 1 atom stereocenters. The highest BCUT2D eigenvalue weighted by molar-refractivity contribution is 5.89. The molecule has 0 spiro atoms. The van der Waals surface area contributed by atoms with Crippen LogP contribution in [0.4, 0.5) is 28.4 Å². The summed E-state index contributed by atoms with van der Waals surface area (Å²) in [6, 6.07) is 74.0. The number of anilines is 5. The Balaban J connectivity index is 1.06. The normalized spacial score (nSPS) is 13.3. The van der Waals surface area contributed by atoms with E-state index in [2.05, 4.69) is 241 Å². The van der Waals surface area contributed by atoms with E-state index in [9.17, 15) is 0 Å². The maximum atomic E-state index is 3.72. The second-order valence-electron chi connectivity index (χ2n) is 14.2. The number of hydrogen-bond acceptors (Lipinski definition) is 2. The standard InChI is InChI=1S/C54H42N2/c1-4-15-40(16-5-1)42-29-35-49(36-30-42)56(50-37-31-43(32-38-50)47-22-14-21-46(39-47)41-17-6-2-7-18-41)54-26-13-11-24-52(54)45-27-33-48(34-28-45)55-53-25-12-10-23-51(53)44-19-8-3-9-20-44/h1-19,21-39,44,55H,20H2. The zero-order valence-corrected chi connectivity index (χ0v) is 31.2. The van der Waals surface area contributed by atoms with Crippen molar-refractivity contribution < 1.29 is 0 Å². The molecule has 0 radical (unpaired) electrons. The fourth-order valence-corrected chi connectivity index (χ4v) is 7.72. The summed E-state index contributed by atoms with van der Waals surface area (Å²) in [6.07, 6.45) is 9.83. The number of nitrogens with one attached hydrogen (secondary N) is 1. The molecule has 56 heavy (non-hydrogen) atoms.